The largest absolute Gasteiger partial charge is 0.486 e. The molecule has 0 aliphatic carbocycles. The van der Waals surface area contributed by atoms with Crippen LogP contribution in [0.3, 0.4) is 0 Å². The molecule has 0 radical (unpaired) electrons. The maximum absolute atomic E-state index is 12.5. The van der Waals surface area contributed by atoms with Gasteiger partial charge in [0.25, 0.3) is 5.89 Å². The molecule has 0 unspecified atom stereocenters. The fraction of sp³-hybridized carbons (Fsp3) is 0.455. The predicted octanol–water partition coefficient (Wildman–Crippen LogP) is 2.42. The van der Waals surface area contributed by atoms with Crippen molar-refractivity contribution in [3.8, 4) is 17.2 Å². The van der Waals surface area contributed by atoms with Gasteiger partial charge in [0.05, 0.1) is 31.0 Å². The summed E-state index contributed by atoms with van der Waals surface area (Å²) in [6, 6.07) is 9.58. The summed E-state index contributed by atoms with van der Waals surface area (Å²) in [6.07, 6.45) is 0.951. The quantitative estimate of drug-likeness (QED) is 0.519. The lowest BCUT2D eigenvalue weighted by Gasteiger charge is -2.39. The first kappa shape index (κ1) is 21.0. The van der Waals surface area contributed by atoms with Crippen LogP contribution in [-0.2, 0) is 22.5 Å². The molecular formula is C22H27N5O4. The number of methoxy groups -OCH3 is 1. The van der Waals surface area contributed by atoms with Gasteiger partial charge in [-0.2, -0.15) is 10.1 Å². The average Bonchev–Trinajstić information content (AvgIpc) is 3.33. The Hall–Kier alpha value is -3.20. The summed E-state index contributed by atoms with van der Waals surface area (Å²) >= 11 is 0. The smallest absolute Gasteiger partial charge is 0.261 e. The number of nitrogens with zero attached hydrogens (tertiary/aromatic N) is 5. The van der Waals surface area contributed by atoms with Crippen LogP contribution in [-0.4, -0.2) is 63.6 Å². The van der Waals surface area contributed by atoms with Crippen molar-refractivity contribution in [2.75, 3.05) is 26.8 Å². The number of rotatable bonds is 9. The van der Waals surface area contributed by atoms with E-state index in [9.17, 15) is 4.79 Å². The third kappa shape index (κ3) is 4.93. The standard InChI is InChI=1S/C22H27N5O4/c1-15-12-16(2)27(24-15)10-8-21(28)26-13-17(14-26)30-19-7-5-4-6-18(19)22-23-20(25-31-22)9-11-29-3/h4-7,12,17H,8-11,13-14H2,1-3H3. The molecular weight excluding hydrogens is 398 g/mol. The number of hydrogen-bond donors (Lipinski definition) is 0. The van der Waals surface area contributed by atoms with E-state index in [0.29, 0.717) is 56.5 Å². The van der Waals surface area contributed by atoms with Crippen molar-refractivity contribution in [2.45, 2.75) is 39.3 Å². The van der Waals surface area contributed by atoms with Crippen molar-refractivity contribution in [1.29, 1.82) is 0 Å². The van der Waals surface area contributed by atoms with E-state index in [1.54, 1.807) is 7.11 Å². The molecule has 9 heteroatoms. The number of carbonyl (C=O) groups excluding carboxylic acids is 1. The predicted molar refractivity (Wildman–Crippen MR) is 113 cm³/mol. The Bertz CT molecular complexity index is 1040. The molecule has 3 aromatic rings. The number of ether oxygens (including phenoxy) is 2. The van der Waals surface area contributed by atoms with Crippen molar-refractivity contribution in [3.05, 3.63) is 47.5 Å². The Morgan fingerprint density at radius 3 is 2.81 bits per heavy atom. The van der Waals surface area contributed by atoms with Crippen LogP contribution < -0.4 is 4.74 Å². The highest BCUT2D eigenvalue weighted by molar-refractivity contribution is 5.77. The molecule has 0 atom stereocenters. The van der Waals surface area contributed by atoms with E-state index >= 15 is 0 Å². The molecule has 0 saturated carbocycles. The minimum atomic E-state index is -0.0605. The van der Waals surface area contributed by atoms with Gasteiger partial charge in [0.2, 0.25) is 5.91 Å². The number of likely N-dealkylation sites (tertiary alicyclic amines) is 1. The molecule has 0 bridgehead atoms. The summed E-state index contributed by atoms with van der Waals surface area (Å²) in [5, 5.41) is 8.40. The highest BCUT2D eigenvalue weighted by atomic mass is 16.5. The lowest BCUT2D eigenvalue weighted by Crippen LogP contribution is -2.56. The molecule has 0 spiro atoms. The number of hydrogen-bond acceptors (Lipinski definition) is 7. The van der Waals surface area contributed by atoms with Crippen LogP contribution in [0.25, 0.3) is 11.5 Å². The van der Waals surface area contributed by atoms with Crippen molar-refractivity contribution in [1.82, 2.24) is 24.8 Å². The zero-order valence-corrected chi connectivity index (χ0v) is 18.1. The summed E-state index contributed by atoms with van der Waals surface area (Å²) in [5.41, 5.74) is 2.78. The van der Waals surface area contributed by atoms with E-state index in [1.807, 2.05) is 53.8 Å². The summed E-state index contributed by atoms with van der Waals surface area (Å²) in [6.45, 7) is 6.20. The van der Waals surface area contributed by atoms with Crippen LogP contribution in [0.15, 0.2) is 34.9 Å². The Morgan fingerprint density at radius 2 is 2.06 bits per heavy atom. The van der Waals surface area contributed by atoms with E-state index in [-0.39, 0.29) is 12.0 Å². The first-order chi connectivity index (χ1) is 15.0. The molecule has 1 saturated heterocycles. The van der Waals surface area contributed by atoms with Gasteiger partial charge in [0, 0.05) is 32.2 Å². The average molecular weight is 425 g/mol. The fourth-order valence-corrected chi connectivity index (χ4v) is 3.56. The fourth-order valence-electron chi connectivity index (χ4n) is 3.56. The normalized spacial score (nSPS) is 14.0. The second-order valence-electron chi connectivity index (χ2n) is 7.69. The zero-order chi connectivity index (χ0) is 21.8. The van der Waals surface area contributed by atoms with Gasteiger partial charge in [-0.3, -0.25) is 9.48 Å². The van der Waals surface area contributed by atoms with Crippen LogP contribution in [0.1, 0.15) is 23.6 Å². The van der Waals surface area contributed by atoms with Gasteiger partial charge >= 0.3 is 0 Å². The van der Waals surface area contributed by atoms with E-state index in [1.165, 1.54) is 0 Å². The van der Waals surface area contributed by atoms with Crippen LogP contribution in [0.2, 0.25) is 0 Å². The number of para-hydroxylation sites is 1. The van der Waals surface area contributed by atoms with E-state index in [0.717, 1.165) is 17.0 Å². The SMILES string of the molecule is COCCc1noc(-c2ccccc2OC2CN(C(=O)CCn3nc(C)cc3C)C2)n1. The molecule has 164 valence electrons. The summed E-state index contributed by atoms with van der Waals surface area (Å²) < 4.78 is 18.5. The van der Waals surface area contributed by atoms with Gasteiger partial charge in [0.15, 0.2) is 5.82 Å². The summed E-state index contributed by atoms with van der Waals surface area (Å²) in [7, 11) is 1.64. The third-order valence-electron chi connectivity index (χ3n) is 5.25. The molecule has 1 fully saturated rings. The first-order valence-corrected chi connectivity index (χ1v) is 10.4. The molecule has 1 aliphatic rings. The first-order valence-electron chi connectivity index (χ1n) is 10.4. The molecule has 9 nitrogen and oxygen atoms in total. The minimum Gasteiger partial charge on any atom is -0.486 e. The second kappa shape index (κ2) is 9.30. The number of aromatic nitrogens is 4. The van der Waals surface area contributed by atoms with Gasteiger partial charge in [-0.15, -0.1) is 0 Å². The van der Waals surface area contributed by atoms with Crippen molar-refractivity contribution >= 4 is 5.91 Å². The number of carbonyl (C=O) groups is 1. The van der Waals surface area contributed by atoms with Crippen LogP contribution in [0.5, 0.6) is 5.75 Å². The van der Waals surface area contributed by atoms with Gasteiger partial charge in [-0.05, 0) is 32.0 Å². The summed E-state index contributed by atoms with van der Waals surface area (Å²) in [5.74, 6) is 1.79. The third-order valence-corrected chi connectivity index (χ3v) is 5.25. The molecule has 31 heavy (non-hydrogen) atoms. The van der Waals surface area contributed by atoms with Crippen LogP contribution >= 0.6 is 0 Å². The van der Waals surface area contributed by atoms with E-state index in [4.69, 9.17) is 14.0 Å². The molecule has 1 amide bonds. The lowest BCUT2D eigenvalue weighted by atomic mass is 10.1. The molecule has 0 N–H and O–H groups in total. The van der Waals surface area contributed by atoms with E-state index in [2.05, 4.69) is 15.2 Å². The molecule has 3 heterocycles. The van der Waals surface area contributed by atoms with Crippen molar-refractivity contribution in [3.63, 3.8) is 0 Å². The monoisotopic (exact) mass is 425 g/mol. The van der Waals surface area contributed by atoms with E-state index < -0.39 is 0 Å². The maximum Gasteiger partial charge on any atom is 0.261 e. The van der Waals surface area contributed by atoms with Crippen molar-refractivity contribution < 1.29 is 18.8 Å². The lowest BCUT2D eigenvalue weighted by molar-refractivity contribution is -0.140. The Balaban J connectivity index is 1.31. The Morgan fingerprint density at radius 1 is 1.26 bits per heavy atom. The molecule has 1 aromatic carbocycles. The second-order valence-corrected chi connectivity index (χ2v) is 7.69. The Kier molecular flexibility index (Phi) is 6.31. The number of amides is 1. The highest BCUT2D eigenvalue weighted by Gasteiger charge is 2.32. The van der Waals surface area contributed by atoms with Crippen LogP contribution in [0.4, 0.5) is 0 Å². The number of benzene rings is 1. The molecule has 4 rings (SSSR count). The molecule has 1 aliphatic heterocycles. The molecule has 2 aromatic heterocycles. The topological polar surface area (TPSA) is 95.5 Å². The van der Waals surface area contributed by atoms with Gasteiger partial charge in [-0.25, -0.2) is 0 Å². The minimum absolute atomic E-state index is 0.0605. The maximum atomic E-state index is 12.5. The highest BCUT2D eigenvalue weighted by Crippen LogP contribution is 2.30. The van der Waals surface area contributed by atoms with Gasteiger partial charge < -0.3 is 18.9 Å². The Labute approximate surface area is 180 Å². The van der Waals surface area contributed by atoms with Gasteiger partial charge in [-0.1, -0.05) is 17.3 Å². The van der Waals surface area contributed by atoms with Gasteiger partial charge in [0.1, 0.15) is 11.9 Å². The zero-order valence-electron chi connectivity index (χ0n) is 18.1. The van der Waals surface area contributed by atoms with Crippen molar-refractivity contribution in [2.24, 2.45) is 0 Å². The number of aryl methyl sites for hydroxylation is 3. The summed E-state index contributed by atoms with van der Waals surface area (Å²) in [4.78, 5) is 18.7. The van der Waals surface area contributed by atoms with Crippen LogP contribution in [0, 0.1) is 13.8 Å².